The molecule has 1 atom stereocenters. The molecule has 1 aromatic carbocycles. The number of fused-ring (bicyclic) bond motifs is 1. The van der Waals surface area contributed by atoms with Crippen molar-refractivity contribution in [1.29, 1.82) is 0 Å². The average Bonchev–Trinajstić information content (AvgIpc) is 3.07. The van der Waals surface area contributed by atoms with Gasteiger partial charge in [0.25, 0.3) is 5.91 Å². The molecule has 0 aromatic heterocycles. The van der Waals surface area contributed by atoms with Crippen LogP contribution >= 0.6 is 0 Å². The molecular weight excluding hydrogens is 314 g/mol. The van der Waals surface area contributed by atoms with Crippen molar-refractivity contribution in [2.45, 2.75) is 19.8 Å². The van der Waals surface area contributed by atoms with Gasteiger partial charge in [-0.3, -0.25) is 25.2 Å². The van der Waals surface area contributed by atoms with Crippen molar-refractivity contribution in [3.05, 3.63) is 23.8 Å². The zero-order chi connectivity index (χ0) is 17.1. The highest BCUT2D eigenvalue weighted by atomic mass is 16.7. The smallest absolute Gasteiger partial charge is 0.269 e. The van der Waals surface area contributed by atoms with Crippen LogP contribution in [-0.2, 0) is 9.59 Å². The van der Waals surface area contributed by atoms with Gasteiger partial charge in [0.1, 0.15) is 0 Å². The van der Waals surface area contributed by atoms with Crippen molar-refractivity contribution >= 4 is 17.7 Å². The summed E-state index contributed by atoms with van der Waals surface area (Å²) in [6.45, 7) is 2.66. The molecule has 8 nitrogen and oxygen atoms in total. The normalized spacial score (nSPS) is 18.9. The van der Waals surface area contributed by atoms with E-state index in [4.69, 9.17) is 9.47 Å². The second kappa shape index (κ2) is 6.77. The van der Waals surface area contributed by atoms with E-state index in [0.717, 1.165) is 6.42 Å². The van der Waals surface area contributed by atoms with Crippen LogP contribution in [-0.4, -0.2) is 42.5 Å². The maximum atomic E-state index is 12.2. The summed E-state index contributed by atoms with van der Waals surface area (Å²) in [5.41, 5.74) is 5.18. The van der Waals surface area contributed by atoms with Crippen LogP contribution in [0.5, 0.6) is 11.5 Å². The SMILES string of the molecule is CC(=O)N1CCC[C@@H](C(=O)NNC(=O)c2ccc3c(c2)OCO3)C1. The number of nitrogens with one attached hydrogen (secondary N) is 2. The topological polar surface area (TPSA) is 97.0 Å². The highest BCUT2D eigenvalue weighted by Crippen LogP contribution is 2.32. The molecule has 0 spiro atoms. The van der Waals surface area contributed by atoms with E-state index in [2.05, 4.69) is 10.9 Å². The van der Waals surface area contributed by atoms with Crippen molar-refractivity contribution in [3.8, 4) is 11.5 Å². The molecule has 0 bridgehead atoms. The number of carbonyl (C=O) groups excluding carboxylic acids is 3. The standard InChI is InChI=1S/C16H19N3O5/c1-10(20)19-6-2-3-12(8-19)16(22)18-17-15(21)11-4-5-13-14(7-11)24-9-23-13/h4-5,7,12H,2-3,6,8-9H2,1H3,(H,17,21)(H,18,22)/t12-/m1/s1. The van der Waals surface area contributed by atoms with Crippen LogP contribution in [0.2, 0.25) is 0 Å². The third-order valence-electron chi connectivity index (χ3n) is 4.17. The summed E-state index contributed by atoms with van der Waals surface area (Å²) in [6.07, 6.45) is 1.46. The van der Waals surface area contributed by atoms with Crippen LogP contribution in [0.3, 0.4) is 0 Å². The molecule has 2 heterocycles. The number of carbonyl (C=O) groups is 3. The number of hydrazine groups is 1. The van der Waals surface area contributed by atoms with E-state index in [0.29, 0.717) is 36.6 Å². The first-order chi connectivity index (χ1) is 11.5. The molecule has 8 heteroatoms. The fourth-order valence-electron chi connectivity index (χ4n) is 2.81. The van der Waals surface area contributed by atoms with Crippen molar-refractivity contribution < 1.29 is 23.9 Å². The highest BCUT2D eigenvalue weighted by molar-refractivity contribution is 5.96. The molecule has 0 aliphatic carbocycles. The van der Waals surface area contributed by atoms with Gasteiger partial charge < -0.3 is 14.4 Å². The number of likely N-dealkylation sites (tertiary alicyclic amines) is 1. The Morgan fingerprint density at radius 2 is 1.96 bits per heavy atom. The second-order valence-corrected chi connectivity index (χ2v) is 5.82. The maximum Gasteiger partial charge on any atom is 0.269 e. The van der Waals surface area contributed by atoms with Gasteiger partial charge in [-0.1, -0.05) is 0 Å². The predicted octanol–water partition coefficient (Wildman–Crippen LogP) is 0.435. The number of amides is 3. The van der Waals surface area contributed by atoms with Crippen LogP contribution in [0.25, 0.3) is 0 Å². The lowest BCUT2D eigenvalue weighted by molar-refractivity contribution is -0.134. The number of hydrogen-bond donors (Lipinski definition) is 2. The molecular formula is C16H19N3O5. The summed E-state index contributed by atoms with van der Waals surface area (Å²) in [5.74, 6) is -0.0204. The Morgan fingerprint density at radius 3 is 2.75 bits per heavy atom. The highest BCUT2D eigenvalue weighted by Gasteiger charge is 2.27. The Balaban J connectivity index is 1.54. The Morgan fingerprint density at radius 1 is 1.17 bits per heavy atom. The quantitative estimate of drug-likeness (QED) is 0.765. The molecule has 24 heavy (non-hydrogen) atoms. The predicted molar refractivity (Wildman–Crippen MR) is 83.2 cm³/mol. The van der Waals surface area contributed by atoms with Gasteiger partial charge >= 0.3 is 0 Å². The van der Waals surface area contributed by atoms with Crippen LogP contribution in [0, 0.1) is 5.92 Å². The lowest BCUT2D eigenvalue weighted by Crippen LogP contribution is -2.49. The Kier molecular flexibility index (Phi) is 4.54. The minimum absolute atomic E-state index is 0.0445. The van der Waals surface area contributed by atoms with E-state index in [-0.39, 0.29) is 24.5 Å². The molecule has 0 saturated carbocycles. The third kappa shape index (κ3) is 3.42. The minimum Gasteiger partial charge on any atom is -0.454 e. The van der Waals surface area contributed by atoms with Crippen LogP contribution in [0.15, 0.2) is 18.2 Å². The molecule has 1 aromatic rings. The Labute approximate surface area is 139 Å². The monoisotopic (exact) mass is 333 g/mol. The number of benzene rings is 1. The van der Waals surface area contributed by atoms with Crippen molar-refractivity contribution in [3.63, 3.8) is 0 Å². The fraction of sp³-hybridized carbons (Fsp3) is 0.438. The summed E-state index contributed by atoms with van der Waals surface area (Å²) in [6, 6.07) is 4.79. The first-order valence-corrected chi connectivity index (χ1v) is 7.80. The van der Waals surface area contributed by atoms with Crippen LogP contribution < -0.4 is 20.3 Å². The number of hydrogen-bond acceptors (Lipinski definition) is 5. The summed E-state index contributed by atoms with van der Waals surface area (Å²) < 4.78 is 10.4. The molecule has 128 valence electrons. The lowest BCUT2D eigenvalue weighted by Gasteiger charge is -2.31. The molecule has 2 N–H and O–H groups in total. The third-order valence-corrected chi connectivity index (χ3v) is 4.17. The van der Waals surface area contributed by atoms with E-state index in [1.54, 1.807) is 23.1 Å². The van der Waals surface area contributed by atoms with Crippen molar-refractivity contribution in [2.24, 2.45) is 5.92 Å². The van der Waals surface area contributed by atoms with Gasteiger partial charge in [0, 0.05) is 25.6 Å². The molecule has 2 aliphatic heterocycles. The number of piperidine rings is 1. The van der Waals surface area contributed by atoms with Crippen LogP contribution in [0.1, 0.15) is 30.1 Å². The van der Waals surface area contributed by atoms with Gasteiger partial charge in [0.05, 0.1) is 5.92 Å². The van der Waals surface area contributed by atoms with Gasteiger partial charge in [-0.2, -0.15) is 0 Å². The maximum absolute atomic E-state index is 12.2. The number of ether oxygens (including phenoxy) is 2. The summed E-state index contributed by atoms with van der Waals surface area (Å²) in [7, 11) is 0. The Hall–Kier alpha value is -2.77. The lowest BCUT2D eigenvalue weighted by atomic mass is 9.97. The zero-order valence-electron chi connectivity index (χ0n) is 13.3. The molecule has 0 unspecified atom stereocenters. The van der Waals surface area contributed by atoms with Gasteiger partial charge in [0.2, 0.25) is 18.6 Å². The van der Waals surface area contributed by atoms with Crippen molar-refractivity contribution in [1.82, 2.24) is 15.8 Å². The van der Waals surface area contributed by atoms with Gasteiger partial charge in [-0.05, 0) is 31.0 Å². The fourth-order valence-corrected chi connectivity index (χ4v) is 2.81. The molecule has 1 saturated heterocycles. The first-order valence-electron chi connectivity index (χ1n) is 7.80. The van der Waals surface area contributed by atoms with E-state index < -0.39 is 5.91 Å². The zero-order valence-corrected chi connectivity index (χ0v) is 13.3. The average molecular weight is 333 g/mol. The number of nitrogens with zero attached hydrogens (tertiary/aromatic N) is 1. The number of rotatable bonds is 2. The van der Waals surface area contributed by atoms with E-state index in [1.165, 1.54) is 6.92 Å². The van der Waals surface area contributed by atoms with Crippen molar-refractivity contribution in [2.75, 3.05) is 19.9 Å². The first kappa shape index (κ1) is 16.1. The largest absolute Gasteiger partial charge is 0.454 e. The second-order valence-electron chi connectivity index (χ2n) is 5.82. The van der Waals surface area contributed by atoms with Gasteiger partial charge in [-0.25, -0.2) is 0 Å². The summed E-state index contributed by atoms with van der Waals surface area (Å²) >= 11 is 0. The van der Waals surface area contributed by atoms with E-state index in [1.807, 2.05) is 0 Å². The Bertz CT molecular complexity index is 676. The molecule has 3 amide bonds. The molecule has 3 rings (SSSR count). The molecule has 0 radical (unpaired) electrons. The summed E-state index contributed by atoms with van der Waals surface area (Å²) in [5, 5.41) is 0. The van der Waals surface area contributed by atoms with Crippen LogP contribution in [0.4, 0.5) is 0 Å². The minimum atomic E-state index is -0.444. The van der Waals surface area contributed by atoms with E-state index >= 15 is 0 Å². The summed E-state index contributed by atoms with van der Waals surface area (Å²) in [4.78, 5) is 37.4. The molecule has 1 fully saturated rings. The van der Waals surface area contributed by atoms with E-state index in [9.17, 15) is 14.4 Å². The van der Waals surface area contributed by atoms with Gasteiger partial charge in [0.15, 0.2) is 11.5 Å². The van der Waals surface area contributed by atoms with Gasteiger partial charge in [-0.15, -0.1) is 0 Å². The molecule has 2 aliphatic rings.